The predicted octanol–water partition coefficient (Wildman–Crippen LogP) is 3.71. The van der Waals surface area contributed by atoms with E-state index in [0.29, 0.717) is 0 Å². The number of rotatable bonds is 8. The molecule has 0 amide bonds. The summed E-state index contributed by atoms with van der Waals surface area (Å²) < 4.78 is 0. The fraction of sp³-hybridized carbons (Fsp3) is 0.632. The van der Waals surface area contributed by atoms with Gasteiger partial charge in [0.05, 0.1) is 0 Å². The van der Waals surface area contributed by atoms with Gasteiger partial charge in [0.15, 0.2) is 5.96 Å². The average Bonchev–Trinajstić information content (AvgIpc) is 2.63. The number of thioether (sulfide) groups is 1. The van der Waals surface area contributed by atoms with E-state index in [4.69, 9.17) is 0 Å². The summed E-state index contributed by atoms with van der Waals surface area (Å²) in [6.07, 6.45) is 7.40. The summed E-state index contributed by atoms with van der Waals surface area (Å²) in [5.41, 5.74) is 2.71. The van der Waals surface area contributed by atoms with Gasteiger partial charge in [-0.2, -0.15) is 11.8 Å². The lowest BCUT2D eigenvalue weighted by atomic mass is 10.1. The van der Waals surface area contributed by atoms with E-state index in [-0.39, 0.29) is 24.0 Å². The molecular formula is C19H33IN4S. The second kappa shape index (κ2) is 13.7. The number of guanidine groups is 1. The van der Waals surface area contributed by atoms with Gasteiger partial charge in [0.25, 0.3) is 0 Å². The third-order valence-electron chi connectivity index (χ3n) is 4.38. The molecular weight excluding hydrogens is 443 g/mol. The lowest BCUT2D eigenvalue weighted by Crippen LogP contribution is -2.37. The molecule has 0 radical (unpaired) electrons. The zero-order valence-corrected chi connectivity index (χ0v) is 18.7. The van der Waals surface area contributed by atoms with Gasteiger partial charge in [-0.25, -0.2) is 0 Å². The molecule has 2 rings (SSSR count). The van der Waals surface area contributed by atoms with Crippen molar-refractivity contribution < 1.29 is 0 Å². The number of halogens is 1. The Morgan fingerprint density at radius 1 is 1.08 bits per heavy atom. The fourth-order valence-corrected chi connectivity index (χ4v) is 3.40. The van der Waals surface area contributed by atoms with Crippen LogP contribution in [0.15, 0.2) is 29.3 Å². The van der Waals surface area contributed by atoms with Crippen LogP contribution in [-0.2, 0) is 13.1 Å². The van der Waals surface area contributed by atoms with Crippen LogP contribution in [-0.4, -0.2) is 49.6 Å². The molecule has 0 atom stereocenters. The second-order valence-corrected chi connectivity index (χ2v) is 7.34. The first-order valence-corrected chi connectivity index (χ1v) is 10.4. The summed E-state index contributed by atoms with van der Waals surface area (Å²) in [7, 11) is 1.83. The molecule has 142 valence electrons. The minimum Gasteiger partial charge on any atom is -0.356 e. The van der Waals surface area contributed by atoms with Crippen molar-refractivity contribution >= 4 is 41.7 Å². The molecule has 0 aromatic heterocycles. The van der Waals surface area contributed by atoms with Crippen LogP contribution < -0.4 is 10.6 Å². The fourth-order valence-electron chi connectivity index (χ4n) is 2.97. The first-order chi connectivity index (χ1) is 11.8. The first kappa shape index (κ1) is 22.6. The highest BCUT2D eigenvalue weighted by Gasteiger charge is 2.10. The van der Waals surface area contributed by atoms with E-state index < -0.39 is 0 Å². The molecule has 4 nitrogen and oxygen atoms in total. The Morgan fingerprint density at radius 2 is 1.76 bits per heavy atom. The maximum atomic E-state index is 4.28. The lowest BCUT2D eigenvalue weighted by molar-refractivity contribution is 0.221. The van der Waals surface area contributed by atoms with Crippen molar-refractivity contribution in [1.82, 2.24) is 15.5 Å². The van der Waals surface area contributed by atoms with Crippen LogP contribution in [0.2, 0.25) is 0 Å². The molecule has 1 aliphatic rings. The molecule has 1 fully saturated rings. The SMILES string of the molecule is CN=C(NCCCSC)NCc1ccc(CN2CCCCC2)cc1.I. The van der Waals surface area contributed by atoms with Crippen molar-refractivity contribution in [2.45, 2.75) is 38.8 Å². The van der Waals surface area contributed by atoms with Crippen molar-refractivity contribution in [3.8, 4) is 0 Å². The van der Waals surface area contributed by atoms with E-state index >= 15 is 0 Å². The number of likely N-dealkylation sites (tertiary alicyclic amines) is 1. The topological polar surface area (TPSA) is 39.7 Å². The molecule has 0 unspecified atom stereocenters. The Hall–Kier alpha value is -0.470. The molecule has 1 aromatic carbocycles. The molecule has 6 heteroatoms. The summed E-state index contributed by atoms with van der Waals surface area (Å²) >= 11 is 1.88. The molecule has 2 N–H and O–H groups in total. The Labute approximate surface area is 174 Å². The molecule has 0 saturated carbocycles. The lowest BCUT2D eigenvalue weighted by Gasteiger charge is -2.26. The highest BCUT2D eigenvalue weighted by atomic mass is 127. The molecule has 1 heterocycles. The van der Waals surface area contributed by atoms with Crippen LogP contribution in [0.25, 0.3) is 0 Å². The Bertz CT molecular complexity index is 487. The zero-order valence-electron chi connectivity index (χ0n) is 15.6. The van der Waals surface area contributed by atoms with Gasteiger partial charge in [0, 0.05) is 26.7 Å². The van der Waals surface area contributed by atoms with E-state index in [1.807, 2.05) is 18.8 Å². The van der Waals surface area contributed by atoms with Crippen LogP contribution >= 0.6 is 35.7 Å². The van der Waals surface area contributed by atoms with Gasteiger partial charge in [-0.15, -0.1) is 24.0 Å². The van der Waals surface area contributed by atoms with Crippen LogP contribution in [0.4, 0.5) is 0 Å². The predicted molar refractivity (Wildman–Crippen MR) is 122 cm³/mol. The molecule has 0 aliphatic carbocycles. The monoisotopic (exact) mass is 476 g/mol. The minimum atomic E-state index is 0. The molecule has 1 aromatic rings. The Balaban J connectivity index is 0.00000312. The van der Waals surface area contributed by atoms with Crippen molar-refractivity contribution in [2.24, 2.45) is 4.99 Å². The van der Waals surface area contributed by atoms with Gasteiger partial charge in [-0.3, -0.25) is 9.89 Å². The third kappa shape index (κ3) is 9.15. The van der Waals surface area contributed by atoms with Crippen LogP contribution in [0.5, 0.6) is 0 Å². The van der Waals surface area contributed by atoms with E-state index in [0.717, 1.165) is 32.0 Å². The maximum absolute atomic E-state index is 4.28. The zero-order chi connectivity index (χ0) is 17.0. The van der Waals surface area contributed by atoms with Crippen molar-refractivity contribution in [3.05, 3.63) is 35.4 Å². The van der Waals surface area contributed by atoms with E-state index in [2.05, 4.69) is 51.0 Å². The van der Waals surface area contributed by atoms with Gasteiger partial charge >= 0.3 is 0 Å². The molecule has 0 bridgehead atoms. The van der Waals surface area contributed by atoms with Gasteiger partial charge < -0.3 is 10.6 Å². The van der Waals surface area contributed by atoms with Crippen molar-refractivity contribution in [1.29, 1.82) is 0 Å². The Morgan fingerprint density at radius 3 is 2.40 bits per heavy atom. The molecule has 1 aliphatic heterocycles. The average molecular weight is 476 g/mol. The standard InChI is InChI=1S/C19H32N4S.HI/c1-20-19(21-11-6-14-24-2)22-15-17-7-9-18(10-8-17)16-23-12-4-3-5-13-23;/h7-10H,3-6,11-16H2,1-2H3,(H2,20,21,22);1H. The first-order valence-electron chi connectivity index (χ1n) is 9.05. The summed E-state index contributed by atoms with van der Waals surface area (Å²) in [6, 6.07) is 8.99. The number of piperidine rings is 1. The quantitative estimate of drug-likeness (QED) is 0.260. The number of nitrogens with zero attached hydrogens (tertiary/aromatic N) is 2. The normalized spacial score (nSPS) is 15.5. The van der Waals surface area contributed by atoms with Gasteiger partial charge in [-0.05, 0) is 55.5 Å². The minimum absolute atomic E-state index is 0. The van der Waals surface area contributed by atoms with Crippen molar-refractivity contribution in [3.63, 3.8) is 0 Å². The Kier molecular flexibility index (Phi) is 12.4. The second-order valence-electron chi connectivity index (χ2n) is 6.35. The van der Waals surface area contributed by atoms with Crippen LogP contribution in [0.1, 0.15) is 36.8 Å². The van der Waals surface area contributed by atoms with Crippen molar-refractivity contribution in [2.75, 3.05) is 38.7 Å². The number of aliphatic imine (C=N–C) groups is 1. The van der Waals surface area contributed by atoms with Crippen LogP contribution in [0.3, 0.4) is 0 Å². The summed E-state index contributed by atoms with van der Waals surface area (Å²) in [4.78, 5) is 6.84. The van der Waals surface area contributed by atoms with E-state index in [9.17, 15) is 0 Å². The summed E-state index contributed by atoms with van der Waals surface area (Å²) in [6.45, 7) is 5.37. The van der Waals surface area contributed by atoms with E-state index in [1.54, 1.807) is 0 Å². The van der Waals surface area contributed by atoms with Gasteiger partial charge in [0.1, 0.15) is 0 Å². The highest BCUT2D eigenvalue weighted by molar-refractivity contribution is 14.0. The van der Waals surface area contributed by atoms with Gasteiger partial charge in [-0.1, -0.05) is 30.7 Å². The molecule has 25 heavy (non-hydrogen) atoms. The van der Waals surface area contributed by atoms with Crippen LogP contribution in [0, 0.1) is 0 Å². The summed E-state index contributed by atoms with van der Waals surface area (Å²) in [5.74, 6) is 2.07. The largest absolute Gasteiger partial charge is 0.356 e. The molecule has 0 spiro atoms. The number of hydrogen-bond donors (Lipinski definition) is 2. The summed E-state index contributed by atoms with van der Waals surface area (Å²) in [5, 5.41) is 6.74. The third-order valence-corrected chi connectivity index (χ3v) is 5.08. The van der Waals surface area contributed by atoms with Gasteiger partial charge in [0.2, 0.25) is 0 Å². The number of hydrogen-bond acceptors (Lipinski definition) is 3. The molecule has 1 saturated heterocycles. The smallest absolute Gasteiger partial charge is 0.191 e. The highest BCUT2D eigenvalue weighted by Crippen LogP contribution is 2.13. The van der Waals surface area contributed by atoms with E-state index in [1.165, 1.54) is 49.2 Å². The number of benzene rings is 1. The maximum Gasteiger partial charge on any atom is 0.191 e. The number of nitrogens with one attached hydrogen (secondary N) is 2.